The SMILES string of the molecule is CC(O)(CNC(=O)c1csc(C(C)(C)C)n1)C(=O)O. The molecule has 3 N–H and O–H groups in total. The third-order valence-electron chi connectivity index (χ3n) is 2.43. The van der Waals surface area contributed by atoms with E-state index in [0.717, 1.165) is 11.9 Å². The van der Waals surface area contributed by atoms with E-state index in [1.165, 1.54) is 11.3 Å². The van der Waals surface area contributed by atoms with Crippen LogP contribution in [0.5, 0.6) is 0 Å². The Balaban J connectivity index is 2.70. The molecule has 7 heteroatoms. The summed E-state index contributed by atoms with van der Waals surface area (Å²) in [5, 5.41) is 23.0. The van der Waals surface area contributed by atoms with E-state index >= 15 is 0 Å². The van der Waals surface area contributed by atoms with Crippen molar-refractivity contribution in [3.05, 3.63) is 16.1 Å². The lowest BCUT2D eigenvalue weighted by atomic mass is 9.98. The van der Waals surface area contributed by atoms with Crippen LogP contribution in [-0.2, 0) is 10.2 Å². The fourth-order valence-corrected chi connectivity index (χ4v) is 2.03. The Morgan fingerprint density at radius 1 is 1.37 bits per heavy atom. The summed E-state index contributed by atoms with van der Waals surface area (Å²) in [5.74, 6) is -1.88. The zero-order valence-corrected chi connectivity index (χ0v) is 12.2. The van der Waals surface area contributed by atoms with Gasteiger partial charge in [-0.3, -0.25) is 4.79 Å². The number of carbonyl (C=O) groups is 2. The van der Waals surface area contributed by atoms with Gasteiger partial charge in [0.2, 0.25) is 0 Å². The maximum atomic E-state index is 11.8. The number of aliphatic hydroxyl groups is 1. The fourth-order valence-electron chi connectivity index (χ4n) is 1.14. The third-order valence-corrected chi connectivity index (χ3v) is 3.70. The van der Waals surface area contributed by atoms with Crippen LogP contribution in [0.15, 0.2) is 5.38 Å². The predicted molar refractivity (Wildman–Crippen MR) is 71.4 cm³/mol. The Morgan fingerprint density at radius 3 is 2.37 bits per heavy atom. The van der Waals surface area contributed by atoms with Crippen LogP contribution >= 0.6 is 11.3 Å². The number of rotatable bonds is 4. The topological polar surface area (TPSA) is 99.5 Å². The molecule has 0 radical (unpaired) electrons. The molecule has 0 aliphatic carbocycles. The van der Waals surface area contributed by atoms with E-state index in [0.29, 0.717) is 0 Å². The van der Waals surface area contributed by atoms with Crippen molar-refractivity contribution in [1.29, 1.82) is 0 Å². The Labute approximate surface area is 115 Å². The molecule has 1 heterocycles. The summed E-state index contributed by atoms with van der Waals surface area (Å²) >= 11 is 1.37. The van der Waals surface area contributed by atoms with Gasteiger partial charge in [-0.1, -0.05) is 20.8 Å². The minimum absolute atomic E-state index is 0.143. The molecule has 0 saturated heterocycles. The van der Waals surface area contributed by atoms with Crippen molar-refractivity contribution in [2.24, 2.45) is 0 Å². The zero-order valence-electron chi connectivity index (χ0n) is 11.4. The summed E-state index contributed by atoms with van der Waals surface area (Å²) in [6, 6.07) is 0. The molecule has 1 aromatic heterocycles. The second-order valence-electron chi connectivity index (χ2n) is 5.55. The van der Waals surface area contributed by atoms with Gasteiger partial charge in [0, 0.05) is 10.8 Å². The molecule has 1 unspecified atom stereocenters. The van der Waals surface area contributed by atoms with Gasteiger partial charge in [-0.05, 0) is 6.92 Å². The molecule has 0 aromatic carbocycles. The van der Waals surface area contributed by atoms with Crippen molar-refractivity contribution in [3.8, 4) is 0 Å². The van der Waals surface area contributed by atoms with Crippen LogP contribution in [0.2, 0.25) is 0 Å². The van der Waals surface area contributed by atoms with Gasteiger partial charge in [-0.2, -0.15) is 0 Å². The second-order valence-corrected chi connectivity index (χ2v) is 6.41. The average Bonchev–Trinajstić information content (AvgIpc) is 2.74. The molecular formula is C12H18N2O4S. The largest absolute Gasteiger partial charge is 0.479 e. The van der Waals surface area contributed by atoms with E-state index in [1.54, 1.807) is 5.38 Å². The Hall–Kier alpha value is -1.47. The van der Waals surface area contributed by atoms with Crippen molar-refractivity contribution in [2.45, 2.75) is 38.7 Å². The molecule has 1 atom stereocenters. The summed E-state index contributed by atoms with van der Waals surface area (Å²) < 4.78 is 0. The Morgan fingerprint density at radius 2 is 1.95 bits per heavy atom. The van der Waals surface area contributed by atoms with E-state index in [-0.39, 0.29) is 17.7 Å². The molecule has 106 valence electrons. The number of amides is 1. The van der Waals surface area contributed by atoms with Crippen molar-refractivity contribution >= 4 is 23.2 Å². The molecule has 0 aliphatic heterocycles. The first kappa shape index (κ1) is 15.6. The highest BCUT2D eigenvalue weighted by atomic mass is 32.1. The van der Waals surface area contributed by atoms with E-state index in [4.69, 9.17) is 5.11 Å². The minimum Gasteiger partial charge on any atom is -0.479 e. The minimum atomic E-state index is -1.99. The lowest BCUT2D eigenvalue weighted by Gasteiger charge is -2.17. The van der Waals surface area contributed by atoms with Crippen molar-refractivity contribution in [1.82, 2.24) is 10.3 Å². The van der Waals surface area contributed by atoms with Gasteiger partial charge in [-0.25, -0.2) is 9.78 Å². The average molecular weight is 286 g/mol. The normalized spacial score (nSPS) is 14.8. The number of nitrogens with zero attached hydrogens (tertiary/aromatic N) is 1. The number of nitrogens with one attached hydrogen (secondary N) is 1. The number of carboxylic acids is 1. The molecule has 6 nitrogen and oxygen atoms in total. The van der Waals surface area contributed by atoms with E-state index in [9.17, 15) is 14.7 Å². The van der Waals surface area contributed by atoms with Crippen LogP contribution in [0.3, 0.4) is 0 Å². The number of hydrogen-bond donors (Lipinski definition) is 3. The predicted octanol–water partition coefficient (Wildman–Crippen LogP) is 1.01. The van der Waals surface area contributed by atoms with Crippen LogP contribution in [0.4, 0.5) is 0 Å². The molecule has 1 aromatic rings. The number of hydrogen-bond acceptors (Lipinski definition) is 5. The highest BCUT2D eigenvalue weighted by molar-refractivity contribution is 7.10. The molecule has 1 amide bonds. The maximum absolute atomic E-state index is 11.8. The number of thiazole rings is 1. The van der Waals surface area contributed by atoms with Crippen LogP contribution in [-0.4, -0.2) is 39.2 Å². The summed E-state index contributed by atoms with van der Waals surface area (Å²) in [6.45, 7) is 6.72. The lowest BCUT2D eigenvalue weighted by Crippen LogP contribution is -2.46. The van der Waals surface area contributed by atoms with E-state index in [1.807, 2.05) is 20.8 Å². The lowest BCUT2D eigenvalue weighted by molar-refractivity contribution is -0.155. The molecule has 0 bridgehead atoms. The summed E-state index contributed by atoms with van der Waals surface area (Å²) in [6.07, 6.45) is 0. The van der Waals surface area contributed by atoms with Crippen molar-refractivity contribution in [2.75, 3.05) is 6.54 Å². The number of aliphatic carboxylic acids is 1. The summed E-state index contributed by atoms with van der Waals surface area (Å²) in [5.41, 5.74) is -1.90. The quantitative estimate of drug-likeness (QED) is 0.767. The molecule has 0 spiro atoms. The van der Waals surface area contributed by atoms with Gasteiger partial charge in [0.05, 0.1) is 11.6 Å². The first-order chi connectivity index (χ1) is 8.54. The van der Waals surface area contributed by atoms with Crippen LogP contribution in [0, 0.1) is 0 Å². The van der Waals surface area contributed by atoms with Crippen LogP contribution in [0.25, 0.3) is 0 Å². The fraction of sp³-hybridized carbons (Fsp3) is 0.583. The standard InChI is InChI=1S/C12H18N2O4S/c1-11(2,3)9-14-7(5-19-9)8(15)13-6-12(4,18)10(16)17/h5,18H,6H2,1-4H3,(H,13,15)(H,16,17). The van der Waals surface area contributed by atoms with Crippen molar-refractivity contribution < 1.29 is 19.8 Å². The van der Waals surface area contributed by atoms with Gasteiger partial charge in [-0.15, -0.1) is 11.3 Å². The molecule has 0 aliphatic rings. The maximum Gasteiger partial charge on any atom is 0.337 e. The summed E-state index contributed by atoms with van der Waals surface area (Å²) in [7, 11) is 0. The number of aromatic nitrogens is 1. The Bertz CT molecular complexity index is 488. The van der Waals surface area contributed by atoms with Gasteiger partial charge in [0.1, 0.15) is 5.69 Å². The number of carboxylic acid groups (broad SMARTS) is 1. The van der Waals surface area contributed by atoms with Gasteiger partial charge < -0.3 is 15.5 Å². The molecule has 19 heavy (non-hydrogen) atoms. The zero-order chi connectivity index (χ0) is 14.8. The molecule has 1 rings (SSSR count). The second kappa shape index (κ2) is 5.26. The Kier molecular flexibility index (Phi) is 4.32. The van der Waals surface area contributed by atoms with Crippen molar-refractivity contribution in [3.63, 3.8) is 0 Å². The van der Waals surface area contributed by atoms with E-state index < -0.39 is 17.5 Å². The van der Waals surface area contributed by atoms with Gasteiger partial charge in [0.15, 0.2) is 5.60 Å². The van der Waals surface area contributed by atoms with E-state index in [2.05, 4.69) is 10.3 Å². The summed E-state index contributed by atoms with van der Waals surface area (Å²) in [4.78, 5) is 26.7. The number of carbonyl (C=O) groups excluding carboxylic acids is 1. The molecule has 0 saturated carbocycles. The highest BCUT2D eigenvalue weighted by Gasteiger charge is 2.30. The first-order valence-electron chi connectivity index (χ1n) is 5.74. The highest BCUT2D eigenvalue weighted by Crippen LogP contribution is 2.25. The molecule has 0 fully saturated rings. The third kappa shape index (κ3) is 4.00. The van der Waals surface area contributed by atoms with Crippen LogP contribution < -0.4 is 5.32 Å². The van der Waals surface area contributed by atoms with Gasteiger partial charge in [0.25, 0.3) is 5.91 Å². The van der Waals surface area contributed by atoms with Gasteiger partial charge >= 0.3 is 5.97 Å². The molecular weight excluding hydrogens is 268 g/mol. The monoisotopic (exact) mass is 286 g/mol. The first-order valence-corrected chi connectivity index (χ1v) is 6.62. The smallest absolute Gasteiger partial charge is 0.337 e. The van der Waals surface area contributed by atoms with Crippen LogP contribution in [0.1, 0.15) is 43.2 Å².